The molecule has 0 aromatic heterocycles. The Morgan fingerprint density at radius 1 is 1.06 bits per heavy atom. The first-order valence-electron chi connectivity index (χ1n) is 14.5. The molecule has 1 heterocycles. The molecule has 4 nitrogen and oxygen atoms in total. The lowest BCUT2D eigenvalue weighted by atomic mass is 9.33. The van der Waals surface area contributed by atoms with Crippen molar-refractivity contribution in [3.8, 4) is 6.07 Å². The van der Waals surface area contributed by atoms with Gasteiger partial charge in [-0.15, -0.1) is 0 Å². The minimum atomic E-state index is -0.213. The van der Waals surface area contributed by atoms with Gasteiger partial charge in [-0.25, -0.2) is 0 Å². The molecule has 5 rings (SSSR count). The fourth-order valence-electron chi connectivity index (χ4n) is 11.5. The number of nitriles is 1. The molecule has 0 amide bonds. The van der Waals surface area contributed by atoms with Crippen LogP contribution in [0.5, 0.6) is 0 Å². The summed E-state index contributed by atoms with van der Waals surface area (Å²) in [7, 11) is 0. The van der Waals surface area contributed by atoms with Gasteiger partial charge in [-0.05, 0) is 97.9 Å². The number of hydrogen-bond acceptors (Lipinski definition) is 4. The van der Waals surface area contributed by atoms with Crippen LogP contribution in [0.1, 0.15) is 106 Å². The molecule has 4 aliphatic carbocycles. The molecule has 4 heteroatoms. The Balaban J connectivity index is 1.53. The van der Waals surface area contributed by atoms with E-state index in [1.54, 1.807) is 0 Å². The Labute approximate surface area is 219 Å². The van der Waals surface area contributed by atoms with E-state index in [0.29, 0.717) is 42.1 Å². The van der Waals surface area contributed by atoms with E-state index >= 15 is 0 Å². The van der Waals surface area contributed by atoms with Crippen LogP contribution in [0.15, 0.2) is 12.2 Å². The Bertz CT molecular complexity index is 984. The zero-order chi connectivity index (χ0) is 26.4. The average molecular weight is 496 g/mol. The number of carbonyl (C=O) groups is 1. The van der Waals surface area contributed by atoms with Gasteiger partial charge in [0.2, 0.25) is 0 Å². The molecule has 0 N–H and O–H groups in total. The van der Waals surface area contributed by atoms with Gasteiger partial charge >= 0.3 is 5.97 Å². The summed E-state index contributed by atoms with van der Waals surface area (Å²) in [5.41, 5.74) is 1.66. The maximum absolute atomic E-state index is 11.7. The predicted molar refractivity (Wildman–Crippen MR) is 142 cm³/mol. The zero-order valence-electron chi connectivity index (χ0n) is 24.0. The molecule has 2 bridgehead atoms. The fraction of sp³-hybridized carbons (Fsp3) is 0.875. The molecule has 0 aromatic rings. The summed E-state index contributed by atoms with van der Waals surface area (Å²) in [6.45, 7) is 21.7. The highest BCUT2D eigenvalue weighted by Crippen LogP contribution is 2.78. The first-order chi connectivity index (χ1) is 16.7. The lowest BCUT2D eigenvalue weighted by Gasteiger charge is -2.71. The molecule has 200 valence electrons. The van der Waals surface area contributed by atoms with Crippen LogP contribution in [0.3, 0.4) is 0 Å². The van der Waals surface area contributed by atoms with Gasteiger partial charge < -0.3 is 9.47 Å². The van der Waals surface area contributed by atoms with Gasteiger partial charge in [-0.3, -0.25) is 4.79 Å². The van der Waals surface area contributed by atoms with E-state index in [2.05, 4.69) is 54.2 Å². The minimum Gasteiger partial charge on any atom is -0.465 e. The van der Waals surface area contributed by atoms with Crippen molar-refractivity contribution >= 4 is 5.97 Å². The molecule has 6 unspecified atom stereocenters. The smallest absolute Gasteiger partial charge is 0.302 e. The third kappa shape index (κ3) is 3.17. The number of esters is 1. The molecule has 9 atom stereocenters. The Morgan fingerprint density at radius 3 is 2.33 bits per heavy atom. The predicted octanol–water partition coefficient (Wildman–Crippen LogP) is 7.48. The van der Waals surface area contributed by atoms with E-state index in [-0.39, 0.29) is 33.2 Å². The van der Waals surface area contributed by atoms with Crippen molar-refractivity contribution < 1.29 is 14.3 Å². The van der Waals surface area contributed by atoms with Gasteiger partial charge in [-0.1, -0.05) is 41.2 Å². The number of rotatable bonds is 5. The highest BCUT2D eigenvalue weighted by molar-refractivity contribution is 5.65. The maximum atomic E-state index is 11.7. The summed E-state index contributed by atoms with van der Waals surface area (Å²) >= 11 is 0. The van der Waals surface area contributed by atoms with Crippen LogP contribution in [0.2, 0.25) is 0 Å². The molecule has 4 saturated carbocycles. The highest BCUT2D eigenvalue weighted by Gasteiger charge is 2.74. The van der Waals surface area contributed by atoms with Crippen LogP contribution in [-0.4, -0.2) is 24.8 Å². The number of fused-ring (bicyclic) bond motifs is 3. The van der Waals surface area contributed by atoms with Crippen LogP contribution >= 0.6 is 0 Å². The summed E-state index contributed by atoms with van der Waals surface area (Å²) in [5.74, 6) is 1.89. The third-order valence-corrected chi connectivity index (χ3v) is 13.3. The first kappa shape index (κ1) is 26.3. The first-order valence-corrected chi connectivity index (χ1v) is 14.5. The van der Waals surface area contributed by atoms with Gasteiger partial charge in [0.25, 0.3) is 0 Å². The molecule has 5 fully saturated rings. The topological polar surface area (TPSA) is 59.3 Å². The van der Waals surface area contributed by atoms with E-state index in [0.717, 1.165) is 19.4 Å². The monoisotopic (exact) mass is 495 g/mol. The van der Waals surface area contributed by atoms with E-state index in [4.69, 9.17) is 9.47 Å². The Morgan fingerprint density at radius 2 is 1.75 bits per heavy atom. The van der Waals surface area contributed by atoms with Gasteiger partial charge in [0.05, 0.1) is 24.9 Å². The molecule has 0 spiro atoms. The summed E-state index contributed by atoms with van der Waals surface area (Å²) in [6, 6.07) is 2.62. The second-order valence-electron chi connectivity index (χ2n) is 15.1. The molecule has 1 saturated heterocycles. The second-order valence-corrected chi connectivity index (χ2v) is 15.1. The summed E-state index contributed by atoms with van der Waals surface area (Å²) < 4.78 is 12.3. The number of ether oxygens (including phenoxy) is 2. The normalized spacial score (nSPS) is 49.4. The summed E-state index contributed by atoms with van der Waals surface area (Å²) in [4.78, 5) is 11.7. The van der Waals surface area contributed by atoms with Gasteiger partial charge in [0.15, 0.2) is 0 Å². The fourth-order valence-corrected chi connectivity index (χ4v) is 11.5. The van der Waals surface area contributed by atoms with E-state index < -0.39 is 0 Å². The van der Waals surface area contributed by atoms with Crippen molar-refractivity contribution in [3.05, 3.63) is 12.2 Å². The van der Waals surface area contributed by atoms with Crippen molar-refractivity contribution in [3.63, 3.8) is 0 Å². The van der Waals surface area contributed by atoms with Crippen molar-refractivity contribution in [1.82, 2.24) is 0 Å². The van der Waals surface area contributed by atoms with Gasteiger partial charge in [-0.2, -0.15) is 5.26 Å². The quantitative estimate of drug-likeness (QED) is 0.293. The van der Waals surface area contributed by atoms with Crippen molar-refractivity contribution in [1.29, 1.82) is 5.26 Å². The van der Waals surface area contributed by atoms with E-state index in [1.165, 1.54) is 51.0 Å². The average Bonchev–Trinajstić information content (AvgIpc) is 3.31. The molecule has 1 aliphatic heterocycles. The molecule has 36 heavy (non-hydrogen) atoms. The Kier molecular flexibility index (Phi) is 5.90. The lowest BCUT2D eigenvalue weighted by molar-refractivity contribution is -0.226. The zero-order valence-corrected chi connectivity index (χ0v) is 24.0. The minimum absolute atomic E-state index is 0.0916. The van der Waals surface area contributed by atoms with Crippen LogP contribution < -0.4 is 0 Å². The Hall–Kier alpha value is -1.34. The van der Waals surface area contributed by atoms with Gasteiger partial charge in [0.1, 0.15) is 0 Å². The second kappa shape index (κ2) is 8.08. The molecule has 0 radical (unpaired) electrons. The standard InChI is InChI=1S/C32H49NO3/c1-21(2)32-16-15-31(20-36-32)14-13-29(7)23(26(31)32)9-10-25-28(6,17-18-33)24(11-12-30(25,29)8)27(4,5)19-35-22(3)34/h23-26H,1,9-17,19-20H2,2-8H3/t23?,24?,25?,26?,28-,29+,30+,31?,32?/m0/s1. The molecular formula is C32H49NO3. The molecule has 5 aliphatic rings. The van der Waals surface area contributed by atoms with Crippen LogP contribution in [0.4, 0.5) is 0 Å². The van der Waals surface area contributed by atoms with E-state index in [9.17, 15) is 10.1 Å². The largest absolute Gasteiger partial charge is 0.465 e. The SMILES string of the molecule is C=C(C)C12CCC3(CC[C@]4(C)C(CCC5[C@@](C)(CC#N)C(C(C)(C)COC(C)=O)CC[C@]54C)C31)CO2. The van der Waals surface area contributed by atoms with Crippen molar-refractivity contribution in [2.24, 2.45) is 50.7 Å². The van der Waals surface area contributed by atoms with Crippen LogP contribution in [-0.2, 0) is 14.3 Å². The maximum Gasteiger partial charge on any atom is 0.302 e. The van der Waals surface area contributed by atoms with Crippen molar-refractivity contribution in [2.45, 2.75) is 112 Å². The number of hydrogen-bond donors (Lipinski definition) is 0. The number of carbonyl (C=O) groups excluding carboxylic acids is 1. The summed E-state index contributed by atoms with van der Waals surface area (Å²) in [5, 5.41) is 10.1. The van der Waals surface area contributed by atoms with E-state index in [1.807, 2.05) is 0 Å². The van der Waals surface area contributed by atoms with Gasteiger partial charge in [0, 0.05) is 30.1 Å². The molecule has 0 aromatic carbocycles. The highest BCUT2D eigenvalue weighted by atomic mass is 16.5. The van der Waals surface area contributed by atoms with Crippen LogP contribution in [0, 0.1) is 62.1 Å². The van der Waals surface area contributed by atoms with Crippen LogP contribution in [0.25, 0.3) is 0 Å². The third-order valence-electron chi connectivity index (χ3n) is 13.3. The summed E-state index contributed by atoms with van der Waals surface area (Å²) in [6.07, 6.45) is 10.3. The number of nitrogens with zero attached hydrogens (tertiary/aromatic N) is 1. The van der Waals surface area contributed by atoms with Crippen molar-refractivity contribution in [2.75, 3.05) is 13.2 Å². The lowest BCUT2D eigenvalue weighted by Crippen LogP contribution is -2.65. The molecular weight excluding hydrogens is 446 g/mol.